The molecule has 2 rings (SSSR count). The first-order chi connectivity index (χ1) is 5.61. The molecule has 0 aliphatic carbocycles. The van der Waals surface area contributed by atoms with Gasteiger partial charge in [0.25, 0.3) is 0 Å². The lowest BCUT2D eigenvalue weighted by Gasteiger charge is -2.01. The van der Waals surface area contributed by atoms with Crippen LogP contribution in [-0.2, 0) is 16.3 Å². The molecule has 64 valence electrons. The van der Waals surface area contributed by atoms with Gasteiger partial charge in [-0.25, -0.2) is 8.57 Å². The zero-order valence-corrected chi connectivity index (χ0v) is 8.98. The van der Waals surface area contributed by atoms with E-state index >= 15 is 0 Å². The summed E-state index contributed by atoms with van der Waals surface area (Å²) in [6.07, 6.45) is 1.69. The van der Waals surface area contributed by atoms with Gasteiger partial charge >= 0.3 is 0 Å². The molecule has 1 aromatic carbocycles. The predicted molar refractivity (Wildman–Crippen MR) is 52.6 cm³/mol. The molecule has 1 atom stereocenters. The standard InChI is InChI=1S/C8H8BrNOS/c1-12(11)8-4-2-3-7(9)6(8)5-10-12/h2-4H,5H2,1H3. The third-order valence-corrected chi connectivity index (χ3v) is 4.52. The molecule has 0 bridgehead atoms. The summed E-state index contributed by atoms with van der Waals surface area (Å²) < 4.78 is 16.9. The molecular formula is C8H8BrNOS. The molecule has 0 aromatic heterocycles. The first-order valence-electron chi connectivity index (χ1n) is 3.56. The molecule has 0 fully saturated rings. The third kappa shape index (κ3) is 1.10. The van der Waals surface area contributed by atoms with Gasteiger partial charge in [0.05, 0.1) is 21.2 Å². The number of nitrogens with zero attached hydrogens (tertiary/aromatic N) is 1. The first-order valence-corrected chi connectivity index (χ1v) is 6.28. The zero-order valence-electron chi connectivity index (χ0n) is 6.58. The maximum atomic E-state index is 11.8. The lowest BCUT2D eigenvalue weighted by molar-refractivity contribution is 0.681. The van der Waals surface area contributed by atoms with Crippen molar-refractivity contribution >= 4 is 25.7 Å². The van der Waals surface area contributed by atoms with Crippen LogP contribution in [0.2, 0.25) is 0 Å². The van der Waals surface area contributed by atoms with E-state index in [9.17, 15) is 4.21 Å². The fourth-order valence-electron chi connectivity index (χ4n) is 1.30. The molecule has 0 saturated carbocycles. The van der Waals surface area contributed by atoms with Crippen molar-refractivity contribution in [3.8, 4) is 0 Å². The van der Waals surface area contributed by atoms with Gasteiger partial charge in [0.1, 0.15) is 0 Å². The minimum Gasteiger partial charge on any atom is -0.245 e. The maximum absolute atomic E-state index is 11.8. The Kier molecular flexibility index (Phi) is 1.77. The first kappa shape index (κ1) is 8.26. The van der Waals surface area contributed by atoms with Crippen molar-refractivity contribution in [3.63, 3.8) is 0 Å². The predicted octanol–water partition coefficient (Wildman–Crippen LogP) is 2.42. The van der Waals surface area contributed by atoms with E-state index in [4.69, 9.17) is 0 Å². The zero-order chi connectivity index (χ0) is 8.77. The Labute approximate surface area is 80.3 Å². The average Bonchev–Trinajstić information content (AvgIpc) is 2.30. The second kappa shape index (κ2) is 2.57. The summed E-state index contributed by atoms with van der Waals surface area (Å²) in [6, 6.07) is 5.74. The van der Waals surface area contributed by atoms with Gasteiger partial charge in [-0.15, -0.1) is 0 Å². The van der Waals surface area contributed by atoms with Gasteiger partial charge in [-0.05, 0) is 12.1 Å². The Hall–Kier alpha value is -0.350. The molecule has 1 aromatic rings. The van der Waals surface area contributed by atoms with Crippen molar-refractivity contribution in [2.45, 2.75) is 11.4 Å². The quantitative estimate of drug-likeness (QED) is 0.691. The summed E-state index contributed by atoms with van der Waals surface area (Å²) in [4.78, 5) is 0.886. The fraction of sp³-hybridized carbons (Fsp3) is 0.250. The highest BCUT2D eigenvalue weighted by Crippen LogP contribution is 2.31. The van der Waals surface area contributed by atoms with E-state index in [0.717, 1.165) is 14.9 Å². The van der Waals surface area contributed by atoms with E-state index in [-0.39, 0.29) is 0 Å². The van der Waals surface area contributed by atoms with Crippen LogP contribution in [0.3, 0.4) is 0 Å². The fourth-order valence-corrected chi connectivity index (χ4v) is 3.40. The van der Waals surface area contributed by atoms with Crippen LogP contribution >= 0.6 is 15.9 Å². The van der Waals surface area contributed by atoms with Crippen molar-refractivity contribution in [1.29, 1.82) is 0 Å². The van der Waals surface area contributed by atoms with Crippen molar-refractivity contribution in [1.82, 2.24) is 0 Å². The second-order valence-corrected chi connectivity index (χ2v) is 5.96. The SMILES string of the molecule is CS1(=O)=NCc2c(Br)cccc21. The lowest BCUT2D eigenvalue weighted by atomic mass is 10.2. The highest BCUT2D eigenvalue weighted by atomic mass is 79.9. The van der Waals surface area contributed by atoms with Gasteiger partial charge in [-0.2, -0.15) is 0 Å². The Morgan fingerprint density at radius 3 is 3.00 bits per heavy atom. The topological polar surface area (TPSA) is 29.4 Å². The Morgan fingerprint density at radius 2 is 2.33 bits per heavy atom. The average molecular weight is 246 g/mol. The third-order valence-electron chi connectivity index (χ3n) is 1.95. The highest BCUT2D eigenvalue weighted by molar-refractivity contribution is 9.10. The molecule has 1 aliphatic heterocycles. The van der Waals surface area contributed by atoms with Crippen LogP contribution in [0, 0.1) is 0 Å². The van der Waals surface area contributed by atoms with Crippen molar-refractivity contribution in [3.05, 3.63) is 28.2 Å². The van der Waals surface area contributed by atoms with Crippen LogP contribution in [0.1, 0.15) is 5.56 Å². The van der Waals surface area contributed by atoms with Crippen LogP contribution in [-0.4, -0.2) is 10.5 Å². The number of hydrogen-bond donors (Lipinski definition) is 0. The monoisotopic (exact) mass is 245 g/mol. The van der Waals surface area contributed by atoms with Crippen LogP contribution in [0.15, 0.2) is 31.9 Å². The molecule has 1 aliphatic rings. The molecule has 1 unspecified atom stereocenters. The van der Waals surface area contributed by atoms with Crippen LogP contribution in [0.4, 0.5) is 0 Å². The second-order valence-electron chi connectivity index (χ2n) is 2.81. The number of rotatable bonds is 0. The van der Waals surface area contributed by atoms with Crippen LogP contribution in [0.5, 0.6) is 0 Å². The number of hydrogen-bond acceptors (Lipinski definition) is 2. The summed E-state index contributed by atoms with van der Waals surface area (Å²) in [5.41, 5.74) is 1.07. The van der Waals surface area contributed by atoms with Crippen molar-refractivity contribution in [2.75, 3.05) is 6.26 Å². The van der Waals surface area contributed by atoms with E-state index in [2.05, 4.69) is 20.3 Å². The summed E-state index contributed by atoms with van der Waals surface area (Å²) in [6.45, 7) is 0.575. The summed E-state index contributed by atoms with van der Waals surface area (Å²) >= 11 is 3.41. The van der Waals surface area contributed by atoms with E-state index in [1.165, 1.54) is 0 Å². The van der Waals surface area contributed by atoms with Crippen molar-refractivity contribution in [2.24, 2.45) is 4.36 Å². The minimum atomic E-state index is -2.08. The van der Waals surface area contributed by atoms with Gasteiger partial charge in [-0.3, -0.25) is 0 Å². The molecule has 4 heteroatoms. The van der Waals surface area contributed by atoms with Crippen molar-refractivity contribution < 1.29 is 4.21 Å². The van der Waals surface area contributed by atoms with Gasteiger partial charge in [0.15, 0.2) is 0 Å². The normalized spacial score (nSPS) is 26.5. The summed E-state index contributed by atoms with van der Waals surface area (Å²) in [7, 11) is -2.08. The molecule has 0 radical (unpaired) electrons. The van der Waals surface area contributed by atoms with Crippen LogP contribution < -0.4 is 0 Å². The molecule has 2 nitrogen and oxygen atoms in total. The van der Waals surface area contributed by atoms with E-state index in [1.807, 2.05) is 18.2 Å². The number of fused-ring (bicyclic) bond motifs is 1. The van der Waals surface area contributed by atoms with Gasteiger partial charge in [0, 0.05) is 16.3 Å². The highest BCUT2D eigenvalue weighted by Gasteiger charge is 2.19. The number of halogens is 1. The molecular weight excluding hydrogens is 238 g/mol. The van der Waals surface area contributed by atoms with E-state index in [1.54, 1.807) is 6.26 Å². The lowest BCUT2D eigenvalue weighted by Crippen LogP contribution is -1.93. The van der Waals surface area contributed by atoms with Gasteiger partial charge < -0.3 is 0 Å². The smallest absolute Gasteiger partial charge is 0.0761 e. The molecule has 0 spiro atoms. The van der Waals surface area contributed by atoms with Gasteiger partial charge in [-0.1, -0.05) is 22.0 Å². The van der Waals surface area contributed by atoms with Crippen LogP contribution in [0.25, 0.3) is 0 Å². The Bertz CT molecular complexity index is 446. The largest absolute Gasteiger partial charge is 0.245 e. The molecule has 12 heavy (non-hydrogen) atoms. The maximum Gasteiger partial charge on any atom is 0.0761 e. The number of benzene rings is 1. The molecule has 0 saturated heterocycles. The molecule has 1 heterocycles. The Morgan fingerprint density at radius 1 is 1.58 bits per heavy atom. The van der Waals surface area contributed by atoms with Gasteiger partial charge in [0.2, 0.25) is 0 Å². The van der Waals surface area contributed by atoms with E-state index < -0.39 is 9.73 Å². The minimum absolute atomic E-state index is 0.575. The molecule has 0 amide bonds. The summed E-state index contributed by atoms with van der Waals surface area (Å²) in [5, 5.41) is 0. The molecule has 0 N–H and O–H groups in total. The van der Waals surface area contributed by atoms with E-state index in [0.29, 0.717) is 6.54 Å². The Balaban J connectivity index is 2.78. The summed E-state index contributed by atoms with van der Waals surface area (Å²) in [5.74, 6) is 0.